The van der Waals surface area contributed by atoms with Gasteiger partial charge in [0, 0.05) is 31.5 Å². The van der Waals surface area contributed by atoms with Crippen molar-refractivity contribution in [2.45, 2.75) is 25.7 Å². The van der Waals surface area contributed by atoms with Gasteiger partial charge in [0.2, 0.25) is 0 Å². The van der Waals surface area contributed by atoms with Crippen LogP contribution in [0.3, 0.4) is 0 Å². The number of ether oxygens (including phenoxy) is 1. The molecule has 0 bridgehead atoms. The van der Waals surface area contributed by atoms with E-state index in [2.05, 4.69) is 33.8 Å². The Bertz CT molecular complexity index is 362. The molecule has 102 valence electrons. The Labute approximate surface area is 113 Å². The van der Waals surface area contributed by atoms with Crippen molar-refractivity contribution < 1.29 is 4.74 Å². The van der Waals surface area contributed by atoms with Crippen LogP contribution in [0.1, 0.15) is 19.7 Å². The zero-order valence-corrected chi connectivity index (χ0v) is 12.3. The first-order valence-corrected chi connectivity index (χ1v) is 7.38. The van der Waals surface area contributed by atoms with Crippen LogP contribution >= 0.6 is 11.8 Å². The summed E-state index contributed by atoms with van der Waals surface area (Å²) in [6, 6.07) is 1.91. The van der Waals surface area contributed by atoms with Gasteiger partial charge in [0.1, 0.15) is 18.2 Å². The van der Waals surface area contributed by atoms with E-state index in [1.807, 2.05) is 31.8 Å². The van der Waals surface area contributed by atoms with Crippen LogP contribution in [0.5, 0.6) is 0 Å². The van der Waals surface area contributed by atoms with Crippen molar-refractivity contribution in [1.29, 1.82) is 0 Å². The van der Waals surface area contributed by atoms with Crippen LogP contribution in [0, 0.1) is 0 Å². The van der Waals surface area contributed by atoms with Gasteiger partial charge in [-0.25, -0.2) is 9.97 Å². The molecule has 0 aliphatic rings. The summed E-state index contributed by atoms with van der Waals surface area (Å²) in [6.07, 6.45) is 2.10. The normalized spacial score (nSPS) is 12.2. The highest BCUT2D eigenvalue weighted by Gasteiger charge is 2.05. The van der Waals surface area contributed by atoms with E-state index in [0.717, 1.165) is 18.2 Å². The molecule has 0 radical (unpaired) electrons. The van der Waals surface area contributed by atoms with E-state index in [1.165, 1.54) is 0 Å². The summed E-state index contributed by atoms with van der Waals surface area (Å²) in [6.45, 7) is 6.13. The molecule has 2 N–H and O–H groups in total. The van der Waals surface area contributed by atoms with Crippen molar-refractivity contribution in [1.82, 2.24) is 9.97 Å². The Morgan fingerprint density at radius 1 is 1.39 bits per heavy atom. The van der Waals surface area contributed by atoms with Gasteiger partial charge in [-0.3, -0.25) is 0 Å². The van der Waals surface area contributed by atoms with E-state index < -0.39 is 0 Å². The molecule has 0 amide bonds. The highest BCUT2D eigenvalue weighted by Crippen LogP contribution is 2.13. The van der Waals surface area contributed by atoms with E-state index >= 15 is 0 Å². The van der Waals surface area contributed by atoms with Crippen LogP contribution in [0.15, 0.2) is 6.07 Å². The Kier molecular flexibility index (Phi) is 6.82. The third-order valence-electron chi connectivity index (χ3n) is 2.44. The summed E-state index contributed by atoms with van der Waals surface area (Å²) in [5.74, 6) is 2.34. The molecule has 0 spiro atoms. The summed E-state index contributed by atoms with van der Waals surface area (Å²) in [7, 11) is 1.85. The fourth-order valence-electron chi connectivity index (χ4n) is 1.31. The fraction of sp³-hybridized carbons (Fsp3) is 0.667. The Morgan fingerprint density at radius 3 is 2.72 bits per heavy atom. The van der Waals surface area contributed by atoms with E-state index in [0.29, 0.717) is 24.3 Å². The standard InChI is InChI=1S/C12H22N4OS/c1-5-17-8-12-15-10(13-3)6-11(16-12)14-7-9(2)18-4/h6,9H,5,7-8H2,1-4H3,(H2,13,14,15,16). The van der Waals surface area contributed by atoms with Crippen LogP contribution in [-0.4, -0.2) is 41.7 Å². The van der Waals surface area contributed by atoms with E-state index in [-0.39, 0.29) is 0 Å². The first-order valence-electron chi connectivity index (χ1n) is 6.09. The molecule has 6 heteroatoms. The number of thioether (sulfide) groups is 1. The monoisotopic (exact) mass is 270 g/mol. The number of nitrogens with one attached hydrogen (secondary N) is 2. The third-order valence-corrected chi connectivity index (χ3v) is 3.41. The summed E-state index contributed by atoms with van der Waals surface area (Å²) < 4.78 is 5.34. The summed E-state index contributed by atoms with van der Waals surface area (Å²) in [4.78, 5) is 8.77. The van der Waals surface area contributed by atoms with E-state index in [9.17, 15) is 0 Å². The molecular weight excluding hydrogens is 248 g/mol. The second-order valence-corrected chi connectivity index (χ2v) is 5.15. The lowest BCUT2D eigenvalue weighted by atomic mass is 10.4. The van der Waals surface area contributed by atoms with Gasteiger partial charge in [-0.15, -0.1) is 0 Å². The smallest absolute Gasteiger partial charge is 0.158 e. The minimum Gasteiger partial charge on any atom is -0.374 e. The molecular formula is C12H22N4OS. The molecule has 18 heavy (non-hydrogen) atoms. The Hall–Kier alpha value is -1.01. The van der Waals surface area contributed by atoms with Gasteiger partial charge in [0.25, 0.3) is 0 Å². The number of aromatic nitrogens is 2. The predicted molar refractivity (Wildman–Crippen MR) is 78.4 cm³/mol. The molecule has 1 rings (SSSR count). The fourth-order valence-corrected chi connectivity index (χ4v) is 1.56. The topological polar surface area (TPSA) is 59.1 Å². The number of rotatable bonds is 8. The minimum absolute atomic E-state index is 0.443. The van der Waals surface area contributed by atoms with Gasteiger partial charge in [-0.1, -0.05) is 6.92 Å². The van der Waals surface area contributed by atoms with Gasteiger partial charge in [-0.2, -0.15) is 11.8 Å². The number of anilines is 2. The molecule has 0 aliphatic heterocycles. The highest BCUT2D eigenvalue weighted by atomic mass is 32.2. The first-order chi connectivity index (χ1) is 8.69. The molecule has 0 aliphatic carbocycles. The molecule has 0 saturated heterocycles. The molecule has 0 fully saturated rings. The highest BCUT2D eigenvalue weighted by molar-refractivity contribution is 7.99. The van der Waals surface area contributed by atoms with Gasteiger partial charge in [-0.05, 0) is 13.2 Å². The molecule has 5 nitrogen and oxygen atoms in total. The second kappa shape index (κ2) is 8.16. The van der Waals surface area contributed by atoms with Crippen molar-refractivity contribution in [3.05, 3.63) is 11.9 Å². The molecule has 1 atom stereocenters. The van der Waals surface area contributed by atoms with Gasteiger partial charge < -0.3 is 15.4 Å². The van der Waals surface area contributed by atoms with Crippen molar-refractivity contribution in [2.75, 3.05) is 37.1 Å². The maximum atomic E-state index is 5.34. The maximum absolute atomic E-state index is 5.34. The van der Waals surface area contributed by atoms with Crippen LogP contribution in [0.2, 0.25) is 0 Å². The summed E-state index contributed by atoms with van der Waals surface area (Å²) in [5, 5.41) is 6.90. The van der Waals surface area contributed by atoms with Crippen LogP contribution in [0.25, 0.3) is 0 Å². The quantitative estimate of drug-likeness (QED) is 0.755. The zero-order valence-electron chi connectivity index (χ0n) is 11.5. The number of nitrogens with zero attached hydrogens (tertiary/aromatic N) is 2. The van der Waals surface area contributed by atoms with E-state index in [1.54, 1.807) is 0 Å². The summed E-state index contributed by atoms with van der Waals surface area (Å²) >= 11 is 1.83. The van der Waals surface area contributed by atoms with Gasteiger partial charge in [0.05, 0.1) is 0 Å². The predicted octanol–water partition coefficient (Wildman–Crippen LogP) is 2.22. The lowest BCUT2D eigenvalue weighted by molar-refractivity contribution is 0.128. The lowest BCUT2D eigenvalue weighted by Crippen LogP contribution is -2.15. The maximum Gasteiger partial charge on any atom is 0.158 e. The average Bonchev–Trinajstić information content (AvgIpc) is 2.42. The number of hydrogen-bond donors (Lipinski definition) is 2. The lowest BCUT2D eigenvalue weighted by Gasteiger charge is -2.12. The molecule has 1 aromatic heterocycles. The van der Waals surface area contributed by atoms with Gasteiger partial charge in [0.15, 0.2) is 5.82 Å². The van der Waals surface area contributed by atoms with Crippen molar-refractivity contribution in [2.24, 2.45) is 0 Å². The zero-order chi connectivity index (χ0) is 13.4. The third kappa shape index (κ3) is 5.10. The second-order valence-electron chi connectivity index (χ2n) is 3.87. The van der Waals surface area contributed by atoms with Crippen LogP contribution < -0.4 is 10.6 Å². The molecule has 1 aromatic rings. The molecule has 1 heterocycles. The molecule has 1 unspecified atom stereocenters. The van der Waals surface area contributed by atoms with Crippen LogP contribution in [-0.2, 0) is 11.3 Å². The van der Waals surface area contributed by atoms with Crippen molar-refractivity contribution in [3.8, 4) is 0 Å². The van der Waals surface area contributed by atoms with Crippen molar-refractivity contribution in [3.63, 3.8) is 0 Å². The SMILES string of the molecule is CCOCc1nc(NC)cc(NCC(C)SC)n1. The Morgan fingerprint density at radius 2 is 2.11 bits per heavy atom. The van der Waals surface area contributed by atoms with Gasteiger partial charge >= 0.3 is 0 Å². The molecule has 0 saturated carbocycles. The average molecular weight is 270 g/mol. The number of hydrogen-bond acceptors (Lipinski definition) is 6. The first kappa shape index (κ1) is 15.0. The summed E-state index contributed by atoms with van der Waals surface area (Å²) in [5.41, 5.74) is 0. The van der Waals surface area contributed by atoms with Crippen LogP contribution in [0.4, 0.5) is 11.6 Å². The van der Waals surface area contributed by atoms with E-state index in [4.69, 9.17) is 4.74 Å². The Balaban J connectivity index is 2.70. The minimum atomic E-state index is 0.443. The molecule has 0 aromatic carbocycles. The largest absolute Gasteiger partial charge is 0.374 e. The van der Waals surface area contributed by atoms with Crippen molar-refractivity contribution >= 4 is 23.4 Å².